The Morgan fingerprint density at radius 3 is 2.62 bits per heavy atom. The normalized spacial score (nSPS) is 18.3. The van der Waals surface area contributed by atoms with Crippen molar-refractivity contribution in [3.8, 4) is 22.6 Å². The molecule has 3 heterocycles. The Balaban J connectivity index is 1.62. The van der Waals surface area contributed by atoms with Crippen LogP contribution in [0.1, 0.15) is 25.8 Å². The molecule has 32 heavy (non-hydrogen) atoms. The minimum absolute atomic E-state index is 0.0568. The lowest BCUT2D eigenvalue weighted by atomic mass is 10.0. The lowest BCUT2D eigenvalue weighted by Gasteiger charge is -2.12. The summed E-state index contributed by atoms with van der Waals surface area (Å²) >= 11 is 1.44. The molecule has 2 aromatic carbocycles. The van der Waals surface area contributed by atoms with Gasteiger partial charge in [-0.15, -0.1) is 10.2 Å². The van der Waals surface area contributed by atoms with Crippen LogP contribution in [0.3, 0.4) is 0 Å². The standard InChI is InChI=1S/C25H24N4O2S/c1-4-29-23(27-28-25(29)32-22-13-16(3)31-24(22)30)19-14-21(17-11-9-15(2)10-12-17)26-20-8-6-5-7-18(19)20/h5-12,14,16,22H,4,13H2,1-3H3/t16-,22-/m1/s1. The van der Waals surface area contributed by atoms with E-state index in [2.05, 4.69) is 65.0 Å². The maximum Gasteiger partial charge on any atom is 0.319 e. The van der Waals surface area contributed by atoms with E-state index in [1.165, 1.54) is 17.3 Å². The molecular weight excluding hydrogens is 420 g/mol. The van der Waals surface area contributed by atoms with Crippen molar-refractivity contribution < 1.29 is 9.53 Å². The number of hydrogen-bond acceptors (Lipinski definition) is 6. The van der Waals surface area contributed by atoms with E-state index in [1.807, 2.05) is 25.1 Å². The van der Waals surface area contributed by atoms with E-state index < -0.39 is 0 Å². The molecule has 6 nitrogen and oxygen atoms in total. The summed E-state index contributed by atoms with van der Waals surface area (Å²) in [5.41, 5.74) is 5.06. The smallest absolute Gasteiger partial charge is 0.319 e. The lowest BCUT2D eigenvalue weighted by molar-refractivity contribution is -0.140. The highest BCUT2D eigenvalue weighted by molar-refractivity contribution is 8.00. The predicted octanol–water partition coefficient (Wildman–Crippen LogP) is 5.28. The largest absolute Gasteiger partial charge is 0.462 e. The van der Waals surface area contributed by atoms with Gasteiger partial charge in [0, 0.05) is 29.5 Å². The Hall–Kier alpha value is -3.19. The Morgan fingerprint density at radius 2 is 1.91 bits per heavy atom. The van der Waals surface area contributed by atoms with Crippen LogP contribution in [-0.4, -0.2) is 37.1 Å². The molecule has 0 radical (unpaired) electrons. The molecule has 7 heteroatoms. The van der Waals surface area contributed by atoms with E-state index >= 15 is 0 Å². The van der Waals surface area contributed by atoms with Gasteiger partial charge in [-0.1, -0.05) is 59.8 Å². The molecular formula is C25H24N4O2S. The molecule has 0 aliphatic carbocycles. The number of nitrogens with zero attached hydrogens (tertiary/aromatic N) is 4. The molecule has 2 atom stereocenters. The highest BCUT2D eigenvalue weighted by Gasteiger charge is 2.34. The topological polar surface area (TPSA) is 69.9 Å². The number of fused-ring (bicyclic) bond motifs is 1. The molecule has 0 N–H and O–H groups in total. The van der Waals surface area contributed by atoms with E-state index in [0.29, 0.717) is 13.0 Å². The molecule has 1 fully saturated rings. The van der Waals surface area contributed by atoms with E-state index in [0.717, 1.165) is 38.7 Å². The number of rotatable bonds is 5. The first-order valence-corrected chi connectivity index (χ1v) is 11.7. The van der Waals surface area contributed by atoms with E-state index in [4.69, 9.17) is 9.72 Å². The summed E-state index contributed by atoms with van der Waals surface area (Å²) in [4.78, 5) is 17.1. The molecule has 4 aromatic rings. The number of pyridine rings is 1. The number of benzene rings is 2. The quantitative estimate of drug-likeness (QED) is 0.390. The van der Waals surface area contributed by atoms with E-state index in [9.17, 15) is 4.79 Å². The Bertz CT molecular complexity index is 1300. The summed E-state index contributed by atoms with van der Waals surface area (Å²) in [7, 11) is 0. The molecule has 1 saturated heterocycles. The van der Waals surface area contributed by atoms with Gasteiger partial charge in [-0.25, -0.2) is 4.98 Å². The highest BCUT2D eigenvalue weighted by Crippen LogP contribution is 2.36. The Morgan fingerprint density at radius 1 is 1.12 bits per heavy atom. The number of aryl methyl sites for hydroxylation is 1. The number of carbonyl (C=O) groups excluding carboxylic acids is 1. The summed E-state index contributed by atoms with van der Waals surface area (Å²) in [6.07, 6.45) is 0.629. The van der Waals surface area contributed by atoms with Crippen molar-refractivity contribution >= 4 is 28.6 Å². The summed E-state index contributed by atoms with van der Waals surface area (Å²) < 4.78 is 7.39. The molecule has 162 valence electrons. The van der Waals surface area contributed by atoms with Crippen LogP contribution in [0.15, 0.2) is 59.8 Å². The second-order valence-corrected chi connectivity index (χ2v) is 9.25. The third-order valence-corrected chi connectivity index (χ3v) is 6.89. The number of carbonyl (C=O) groups is 1. The zero-order valence-corrected chi connectivity index (χ0v) is 19.1. The van der Waals surface area contributed by atoms with Gasteiger partial charge in [0.1, 0.15) is 11.4 Å². The Kier molecular flexibility index (Phi) is 5.43. The fourth-order valence-corrected chi connectivity index (χ4v) is 5.24. The number of para-hydroxylation sites is 1. The molecule has 0 spiro atoms. The van der Waals surface area contributed by atoms with Gasteiger partial charge >= 0.3 is 5.97 Å². The SMILES string of the molecule is CCn1c(S[C@@H]2C[C@@H](C)OC2=O)nnc1-c1cc(-c2ccc(C)cc2)nc2ccccc12. The van der Waals surface area contributed by atoms with Gasteiger partial charge < -0.3 is 9.30 Å². The first-order valence-electron chi connectivity index (χ1n) is 10.8. The number of esters is 1. The second-order valence-electron chi connectivity index (χ2n) is 8.08. The molecule has 2 aromatic heterocycles. The number of aromatic nitrogens is 4. The highest BCUT2D eigenvalue weighted by atomic mass is 32.2. The van der Waals surface area contributed by atoms with Crippen LogP contribution >= 0.6 is 11.8 Å². The van der Waals surface area contributed by atoms with Gasteiger partial charge in [-0.05, 0) is 32.9 Å². The minimum atomic E-state index is -0.246. The average Bonchev–Trinajstić information content (AvgIpc) is 3.35. The molecule has 1 aliphatic heterocycles. The second kappa shape index (κ2) is 8.39. The molecule has 0 unspecified atom stereocenters. The van der Waals surface area contributed by atoms with Crippen molar-refractivity contribution in [1.82, 2.24) is 19.7 Å². The van der Waals surface area contributed by atoms with E-state index in [-0.39, 0.29) is 17.3 Å². The van der Waals surface area contributed by atoms with Gasteiger partial charge in [0.25, 0.3) is 0 Å². The number of thioether (sulfide) groups is 1. The molecule has 0 saturated carbocycles. The molecule has 0 bridgehead atoms. The van der Waals surface area contributed by atoms with E-state index in [1.54, 1.807) is 0 Å². The third-order valence-electron chi connectivity index (χ3n) is 5.71. The number of hydrogen-bond donors (Lipinski definition) is 0. The van der Waals surface area contributed by atoms with Gasteiger partial charge in [-0.3, -0.25) is 4.79 Å². The zero-order valence-electron chi connectivity index (χ0n) is 18.3. The van der Waals surface area contributed by atoms with Gasteiger partial charge in [0.05, 0.1) is 11.2 Å². The van der Waals surface area contributed by atoms with Gasteiger partial charge in [-0.2, -0.15) is 0 Å². The van der Waals surface area contributed by atoms with Gasteiger partial charge in [0.15, 0.2) is 11.0 Å². The zero-order chi connectivity index (χ0) is 22.2. The van der Waals surface area contributed by atoms with Crippen molar-refractivity contribution in [1.29, 1.82) is 0 Å². The summed E-state index contributed by atoms with van der Waals surface area (Å²) in [5, 5.41) is 10.5. The fourth-order valence-electron chi connectivity index (χ4n) is 4.04. The van der Waals surface area contributed by atoms with Crippen LogP contribution in [0.25, 0.3) is 33.5 Å². The molecule has 0 amide bonds. The van der Waals surface area contributed by atoms with Crippen molar-refractivity contribution in [2.75, 3.05) is 0 Å². The van der Waals surface area contributed by atoms with Crippen LogP contribution in [0.2, 0.25) is 0 Å². The monoisotopic (exact) mass is 444 g/mol. The first kappa shape index (κ1) is 20.7. The van der Waals surface area contributed by atoms with Crippen LogP contribution in [0.5, 0.6) is 0 Å². The van der Waals surface area contributed by atoms with Gasteiger partial charge in [0.2, 0.25) is 0 Å². The third kappa shape index (κ3) is 3.77. The molecule has 1 aliphatic rings. The predicted molar refractivity (Wildman–Crippen MR) is 126 cm³/mol. The first-order chi connectivity index (χ1) is 15.5. The van der Waals surface area contributed by atoms with Crippen LogP contribution in [-0.2, 0) is 16.1 Å². The fraction of sp³-hybridized carbons (Fsp3) is 0.280. The summed E-state index contributed by atoms with van der Waals surface area (Å²) in [5.74, 6) is 0.604. The van der Waals surface area contributed by atoms with Crippen molar-refractivity contribution in [3.05, 3.63) is 60.2 Å². The average molecular weight is 445 g/mol. The minimum Gasteiger partial charge on any atom is -0.462 e. The van der Waals surface area contributed by atoms with Crippen LogP contribution < -0.4 is 0 Å². The Labute approximate surface area is 191 Å². The van der Waals surface area contributed by atoms with Crippen molar-refractivity contribution in [2.24, 2.45) is 0 Å². The number of ether oxygens (including phenoxy) is 1. The summed E-state index contributed by atoms with van der Waals surface area (Å²) in [6, 6.07) is 18.6. The van der Waals surface area contributed by atoms with Crippen molar-refractivity contribution in [3.63, 3.8) is 0 Å². The van der Waals surface area contributed by atoms with Crippen LogP contribution in [0.4, 0.5) is 0 Å². The molecule has 5 rings (SSSR count). The van der Waals surface area contributed by atoms with Crippen molar-refractivity contribution in [2.45, 2.75) is 50.2 Å². The number of cyclic esters (lactones) is 1. The summed E-state index contributed by atoms with van der Waals surface area (Å²) in [6.45, 7) is 6.76. The maximum absolute atomic E-state index is 12.2. The lowest BCUT2D eigenvalue weighted by Crippen LogP contribution is -2.11. The van der Waals surface area contributed by atoms with Crippen LogP contribution in [0, 0.1) is 6.92 Å². The maximum atomic E-state index is 12.2.